The van der Waals surface area contributed by atoms with E-state index in [9.17, 15) is 10.1 Å². The van der Waals surface area contributed by atoms with Gasteiger partial charge >= 0.3 is 0 Å². The molecule has 3 aromatic carbocycles. The second kappa shape index (κ2) is 12.7. The van der Waals surface area contributed by atoms with Gasteiger partial charge in [-0.05, 0) is 74.0 Å². The first-order chi connectivity index (χ1) is 16.9. The van der Waals surface area contributed by atoms with Crippen molar-refractivity contribution in [3.05, 3.63) is 87.4 Å². The third kappa shape index (κ3) is 7.16. The molecule has 0 spiro atoms. The Morgan fingerprint density at radius 2 is 1.63 bits per heavy atom. The van der Waals surface area contributed by atoms with Crippen LogP contribution in [-0.4, -0.2) is 19.1 Å². The number of anilines is 1. The standard InChI is InChI=1S/C27H24Cl2N2O4/c1-3-33-21-11-9-20(10-12-21)31-27(32)19(16-30)14-18-8-13-25(26(15-18)34-4-2)35-17-22-23(28)6-5-7-24(22)29/h5-15H,3-4,17H2,1-2H3,(H,31,32)/b19-14-. The van der Waals surface area contributed by atoms with Crippen LogP contribution in [0.4, 0.5) is 5.69 Å². The van der Waals surface area contributed by atoms with Gasteiger partial charge in [0.1, 0.15) is 24.0 Å². The molecule has 0 saturated heterocycles. The van der Waals surface area contributed by atoms with Gasteiger partial charge in [-0.3, -0.25) is 4.79 Å². The SMILES string of the molecule is CCOc1ccc(NC(=O)/C(C#N)=C\c2ccc(OCc3c(Cl)cccc3Cl)c(OCC)c2)cc1. The van der Waals surface area contributed by atoms with Gasteiger partial charge in [-0.1, -0.05) is 35.3 Å². The second-order valence-corrected chi connectivity index (χ2v) is 8.02. The Morgan fingerprint density at radius 1 is 0.943 bits per heavy atom. The highest BCUT2D eigenvalue weighted by Gasteiger charge is 2.13. The summed E-state index contributed by atoms with van der Waals surface area (Å²) in [6.07, 6.45) is 1.49. The minimum absolute atomic E-state index is 0.0575. The topological polar surface area (TPSA) is 80.6 Å². The molecular weight excluding hydrogens is 487 g/mol. The number of benzene rings is 3. The van der Waals surface area contributed by atoms with Crippen molar-refractivity contribution in [3.63, 3.8) is 0 Å². The minimum atomic E-state index is -0.525. The number of amides is 1. The number of hydrogen-bond acceptors (Lipinski definition) is 5. The van der Waals surface area contributed by atoms with Gasteiger partial charge in [-0.25, -0.2) is 0 Å². The molecule has 0 aliphatic heterocycles. The molecule has 6 nitrogen and oxygen atoms in total. The maximum Gasteiger partial charge on any atom is 0.266 e. The van der Waals surface area contributed by atoms with Crippen LogP contribution in [0.1, 0.15) is 25.0 Å². The number of nitriles is 1. The third-order valence-corrected chi connectivity index (χ3v) is 5.51. The maximum absolute atomic E-state index is 12.6. The van der Waals surface area contributed by atoms with Crippen molar-refractivity contribution in [1.82, 2.24) is 0 Å². The van der Waals surface area contributed by atoms with E-state index in [1.807, 2.05) is 19.9 Å². The van der Waals surface area contributed by atoms with Crippen molar-refractivity contribution in [2.24, 2.45) is 0 Å². The van der Waals surface area contributed by atoms with E-state index in [4.69, 9.17) is 37.4 Å². The summed E-state index contributed by atoms with van der Waals surface area (Å²) < 4.78 is 17.0. The van der Waals surface area contributed by atoms with Crippen LogP contribution in [0, 0.1) is 11.3 Å². The minimum Gasteiger partial charge on any atom is -0.494 e. The zero-order valence-corrected chi connectivity index (χ0v) is 20.8. The fraction of sp³-hybridized carbons (Fsp3) is 0.185. The Labute approximate surface area is 214 Å². The number of ether oxygens (including phenoxy) is 3. The quantitative estimate of drug-likeness (QED) is 0.236. The van der Waals surface area contributed by atoms with Crippen molar-refractivity contribution in [1.29, 1.82) is 5.26 Å². The van der Waals surface area contributed by atoms with Crippen molar-refractivity contribution in [3.8, 4) is 23.3 Å². The number of nitrogens with zero attached hydrogens (tertiary/aromatic N) is 1. The lowest BCUT2D eigenvalue weighted by atomic mass is 10.1. The summed E-state index contributed by atoms with van der Waals surface area (Å²) in [6.45, 7) is 4.85. The van der Waals surface area contributed by atoms with Gasteiger partial charge in [0.2, 0.25) is 0 Å². The number of rotatable bonds is 10. The summed E-state index contributed by atoms with van der Waals surface area (Å²) in [6, 6.07) is 19.3. The van der Waals surface area contributed by atoms with Gasteiger partial charge in [-0.2, -0.15) is 5.26 Å². The molecule has 1 amide bonds. The molecule has 3 aromatic rings. The van der Waals surface area contributed by atoms with Gasteiger partial charge in [0.25, 0.3) is 5.91 Å². The molecule has 35 heavy (non-hydrogen) atoms. The molecule has 0 fully saturated rings. The highest BCUT2D eigenvalue weighted by atomic mass is 35.5. The van der Waals surface area contributed by atoms with E-state index in [0.29, 0.717) is 57.3 Å². The fourth-order valence-electron chi connectivity index (χ4n) is 3.14. The molecule has 0 saturated carbocycles. The first kappa shape index (κ1) is 26.0. The van der Waals surface area contributed by atoms with Gasteiger partial charge in [0.05, 0.1) is 13.2 Å². The summed E-state index contributed by atoms with van der Waals surface area (Å²) in [7, 11) is 0. The average Bonchev–Trinajstić information content (AvgIpc) is 2.84. The van der Waals surface area contributed by atoms with Crippen molar-refractivity contribution in [2.45, 2.75) is 20.5 Å². The molecule has 0 unspecified atom stereocenters. The molecule has 0 radical (unpaired) electrons. The Kier molecular flexibility index (Phi) is 9.42. The summed E-state index contributed by atoms with van der Waals surface area (Å²) in [5, 5.41) is 13.3. The van der Waals surface area contributed by atoms with E-state index < -0.39 is 5.91 Å². The molecule has 0 heterocycles. The predicted octanol–water partition coefficient (Wildman–Crippen LogP) is 6.92. The summed E-state index contributed by atoms with van der Waals surface area (Å²) >= 11 is 12.5. The first-order valence-corrected chi connectivity index (χ1v) is 11.7. The Bertz CT molecular complexity index is 1230. The number of halogens is 2. The van der Waals surface area contributed by atoms with Crippen LogP contribution in [0.25, 0.3) is 6.08 Å². The van der Waals surface area contributed by atoms with Crippen molar-refractivity contribution in [2.75, 3.05) is 18.5 Å². The van der Waals surface area contributed by atoms with Gasteiger partial charge in [0.15, 0.2) is 11.5 Å². The Hall–Kier alpha value is -3.66. The molecule has 0 aliphatic rings. The van der Waals surface area contributed by atoms with Crippen LogP contribution in [-0.2, 0) is 11.4 Å². The van der Waals surface area contributed by atoms with Crippen LogP contribution in [0.15, 0.2) is 66.2 Å². The van der Waals surface area contributed by atoms with Crippen LogP contribution in [0.5, 0.6) is 17.2 Å². The summed E-state index contributed by atoms with van der Waals surface area (Å²) in [5.74, 6) is 1.12. The van der Waals surface area contributed by atoms with E-state index in [1.165, 1.54) is 6.08 Å². The van der Waals surface area contributed by atoms with Gasteiger partial charge < -0.3 is 19.5 Å². The Morgan fingerprint density at radius 3 is 2.26 bits per heavy atom. The lowest BCUT2D eigenvalue weighted by molar-refractivity contribution is -0.112. The molecule has 1 N–H and O–H groups in total. The van der Waals surface area contributed by atoms with Crippen LogP contribution < -0.4 is 19.5 Å². The first-order valence-electron chi connectivity index (χ1n) is 10.9. The molecule has 180 valence electrons. The zero-order valence-electron chi connectivity index (χ0n) is 19.3. The normalized spacial score (nSPS) is 10.9. The zero-order chi connectivity index (χ0) is 25.2. The summed E-state index contributed by atoms with van der Waals surface area (Å²) in [5.41, 5.74) is 1.77. The van der Waals surface area contributed by atoms with Crippen LogP contribution >= 0.6 is 23.2 Å². The smallest absolute Gasteiger partial charge is 0.266 e. The van der Waals surface area contributed by atoms with Crippen LogP contribution in [0.3, 0.4) is 0 Å². The highest BCUT2D eigenvalue weighted by Crippen LogP contribution is 2.32. The largest absolute Gasteiger partial charge is 0.494 e. The van der Waals surface area contributed by atoms with Crippen molar-refractivity contribution < 1.29 is 19.0 Å². The number of carbonyl (C=O) groups excluding carboxylic acids is 1. The van der Waals surface area contributed by atoms with Gasteiger partial charge in [0, 0.05) is 21.3 Å². The van der Waals surface area contributed by atoms with E-state index in [2.05, 4.69) is 5.32 Å². The third-order valence-electron chi connectivity index (χ3n) is 4.80. The molecular formula is C27H24Cl2N2O4. The van der Waals surface area contributed by atoms with E-state index >= 15 is 0 Å². The molecule has 0 atom stereocenters. The van der Waals surface area contributed by atoms with E-state index in [-0.39, 0.29) is 12.2 Å². The predicted molar refractivity (Wildman–Crippen MR) is 138 cm³/mol. The molecule has 0 aliphatic carbocycles. The highest BCUT2D eigenvalue weighted by molar-refractivity contribution is 6.35. The lowest BCUT2D eigenvalue weighted by Crippen LogP contribution is -2.13. The Balaban J connectivity index is 1.77. The molecule has 8 heteroatoms. The molecule has 3 rings (SSSR count). The van der Waals surface area contributed by atoms with E-state index in [0.717, 1.165) is 0 Å². The van der Waals surface area contributed by atoms with E-state index in [1.54, 1.807) is 60.7 Å². The van der Waals surface area contributed by atoms with Crippen LogP contribution in [0.2, 0.25) is 10.0 Å². The second-order valence-electron chi connectivity index (χ2n) is 7.21. The molecule has 0 aromatic heterocycles. The van der Waals surface area contributed by atoms with Crippen molar-refractivity contribution >= 4 is 40.9 Å². The average molecular weight is 511 g/mol. The van der Waals surface area contributed by atoms with Gasteiger partial charge in [-0.15, -0.1) is 0 Å². The lowest BCUT2D eigenvalue weighted by Gasteiger charge is -2.14. The summed E-state index contributed by atoms with van der Waals surface area (Å²) in [4.78, 5) is 12.6. The maximum atomic E-state index is 12.6. The fourth-order valence-corrected chi connectivity index (χ4v) is 3.64. The monoisotopic (exact) mass is 510 g/mol. The number of hydrogen-bond donors (Lipinski definition) is 1. The molecule has 0 bridgehead atoms. The number of nitrogens with one attached hydrogen (secondary N) is 1. The number of carbonyl (C=O) groups is 1.